The van der Waals surface area contributed by atoms with E-state index < -0.39 is 0 Å². The van der Waals surface area contributed by atoms with Gasteiger partial charge < -0.3 is 16.4 Å². The minimum absolute atomic E-state index is 0.216. The van der Waals surface area contributed by atoms with Crippen LogP contribution < -0.4 is 16.4 Å². The zero-order valence-corrected chi connectivity index (χ0v) is 17.4. The number of likely N-dealkylation sites (tertiary alicyclic amines) is 1. The molecule has 0 aliphatic carbocycles. The average molecular weight is 419 g/mol. The fraction of sp³-hybridized carbons (Fsp3) is 0.400. The number of carbonyl (C=O) groups is 2. The molecule has 1 saturated heterocycles. The lowest BCUT2D eigenvalue weighted by atomic mass is 10.2. The molecule has 2 heterocycles. The number of nitrogens with one attached hydrogen (secondary N) is 2. The average Bonchev–Trinajstić information content (AvgIpc) is 3.37. The highest BCUT2D eigenvalue weighted by molar-refractivity contribution is 7.99. The minimum Gasteiger partial charge on any atom is -0.370 e. The van der Waals surface area contributed by atoms with Gasteiger partial charge in [-0.15, -0.1) is 23.1 Å². The summed E-state index contributed by atoms with van der Waals surface area (Å²) in [7, 11) is 0. The third kappa shape index (κ3) is 5.98. The van der Waals surface area contributed by atoms with Crippen molar-refractivity contribution >= 4 is 40.7 Å². The van der Waals surface area contributed by atoms with E-state index in [1.54, 1.807) is 11.3 Å². The molecule has 28 heavy (non-hydrogen) atoms. The van der Waals surface area contributed by atoms with Crippen molar-refractivity contribution in [2.24, 2.45) is 5.73 Å². The van der Waals surface area contributed by atoms with Crippen molar-refractivity contribution in [2.45, 2.75) is 30.2 Å². The third-order valence-corrected chi connectivity index (χ3v) is 6.70. The van der Waals surface area contributed by atoms with Crippen LogP contribution in [-0.4, -0.2) is 42.2 Å². The van der Waals surface area contributed by atoms with Crippen LogP contribution in [0.25, 0.3) is 0 Å². The van der Waals surface area contributed by atoms with Gasteiger partial charge in [-0.3, -0.25) is 9.69 Å². The molecule has 1 aromatic carbocycles. The number of hydrogen-bond acceptors (Lipinski definition) is 5. The Morgan fingerprint density at radius 3 is 2.68 bits per heavy atom. The largest absolute Gasteiger partial charge is 0.370 e. The van der Waals surface area contributed by atoms with Crippen molar-refractivity contribution < 1.29 is 9.59 Å². The molecule has 8 heteroatoms. The Bertz CT molecular complexity index is 776. The highest BCUT2D eigenvalue weighted by Crippen LogP contribution is 2.29. The van der Waals surface area contributed by atoms with Gasteiger partial charge in [-0.1, -0.05) is 18.2 Å². The molecule has 1 aliphatic rings. The smallest absolute Gasteiger partial charge is 0.319 e. The highest BCUT2D eigenvalue weighted by atomic mass is 32.2. The van der Waals surface area contributed by atoms with Crippen LogP contribution in [0.3, 0.4) is 0 Å². The summed E-state index contributed by atoms with van der Waals surface area (Å²) in [5.41, 5.74) is 5.94. The van der Waals surface area contributed by atoms with Gasteiger partial charge in [0.1, 0.15) is 0 Å². The maximum absolute atomic E-state index is 12.5. The van der Waals surface area contributed by atoms with E-state index in [1.807, 2.05) is 24.3 Å². The molecule has 2 aromatic rings. The number of urea groups is 1. The number of nitrogens with zero attached hydrogens (tertiary/aromatic N) is 1. The van der Waals surface area contributed by atoms with Gasteiger partial charge in [0, 0.05) is 28.5 Å². The Labute approximate surface area is 173 Å². The molecule has 0 spiro atoms. The second-order valence-electron chi connectivity index (χ2n) is 6.67. The zero-order chi connectivity index (χ0) is 19.8. The van der Waals surface area contributed by atoms with E-state index in [0.717, 1.165) is 23.7 Å². The topological polar surface area (TPSA) is 87.5 Å². The lowest BCUT2D eigenvalue weighted by molar-refractivity contribution is -0.117. The van der Waals surface area contributed by atoms with E-state index in [0.29, 0.717) is 18.7 Å². The van der Waals surface area contributed by atoms with Crippen LogP contribution in [0.5, 0.6) is 0 Å². The Kier molecular flexibility index (Phi) is 7.76. The number of para-hydroxylation sites is 1. The minimum atomic E-state index is -0.322. The van der Waals surface area contributed by atoms with Gasteiger partial charge in [0.05, 0.1) is 11.7 Å². The van der Waals surface area contributed by atoms with E-state index in [2.05, 4.69) is 33.0 Å². The number of rotatable bonds is 9. The number of carbonyl (C=O) groups excluding carboxylic acids is 2. The standard InChI is InChI=1S/C20H26N4O2S2/c21-19(25)9-13-28-17-7-2-1-6-15(17)23-20(26)22-14-16(18-8-5-12-27-18)24-10-3-4-11-24/h1-2,5-8,12,16H,3-4,9-11,13-14H2,(H2,21,25)(H2,22,23,26). The molecule has 0 saturated carbocycles. The van der Waals surface area contributed by atoms with Gasteiger partial charge in [0.25, 0.3) is 0 Å². The van der Waals surface area contributed by atoms with Crippen molar-refractivity contribution in [3.63, 3.8) is 0 Å². The Balaban J connectivity index is 1.57. The van der Waals surface area contributed by atoms with E-state index in [4.69, 9.17) is 5.73 Å². The van der Waals surface area contributed by atoms with Gasteiger partial charge in [-0.25, -0.2) is 4.79 Å². The van der Waals surface area contributed by atoms with E-state index in [9.17, 15) is 9.59 Å². The van der Waals surface area contributed by atoms with Gasteiger partial charge in [-0.2, -0.15) is 0 Å². The number of hydrogen-bond donors (Lipinski definition) is 3. The fourth-order valence-electron chi connectivity index (χ4n) is 3.26. The van der Waals surface area contributed by atoms with Crippen LogP contribution in [0.4, 0.5) is 10.5 Å². The molecular weight excluding hydrogens is 392 g/mol. The van der Waals surface area contributed by atoms with Crippen molar-refractivity contribution in [1.29, 1.82) is 0 Å². The molecule has 150 valence electrons. The number of primary amides is 1. The Morgan fingerprint density at radius 2 is 1.96 bits per heavy atom. The second-order valence-corrected chi connectivity index (χ2v) is 8.79. The zero-order valence-electron chi connectivity index (χ0n) is 15.7. The van der Waals surface area contributed by atoms with Gasteiger partial charge in [-0.05, 0) is 49.5 Å². The normalized spacial score (nSPS) is 15.3. The molecule has 1 fully saturated rings. The molecule has 0 radical (unpaired) electrons. The maximum atomic E-state index is 12.5. The quantitative estimate of drug-likeness (QED) is 0.542. The van der Waals surface area contributed by atoms with E-state index in [-0.39, 0.29) is 18.0 Å². The monoisotopic (exact) mass is 418 g/mol. The number of amides is 3. The molecule has 1 unspecified atom stereocenters. The fourth-order valence-corrected chi connectivity index (χ4v) is 5.09. The SMILES string of the molecule is NC(=O)CCSc1ccccc1NC(=O)NCC(c1cccs1)N1CCCC1. The highest BCUT2D eigenvalue weighted by Gasteiger charge is 2.24. The number of nitrogens with two attached hydrogens (primary N) is 1. The van der Waals surface area contributed by atoms with E-state index in [1.165, 1.54) is 29.5 Å². The molecule has 1 aromatic heterocycles. The lowest BCUT2D eigenvalue weighted by Gasteiger charge is -2.27. The van der Waals surface area contributed by atoms with Crippen LogP contribution in [0.15, 0.2) is 46.7 Å². The van der Waals surface area contributed by atoms with E-state index >= 15 is 0 Å². The molecule has 3 amide bonds. The van der Waals surface area contributed by atoms with Crippen molar-refractivity contribution in [1.82, 2.24) is 10.2 Å². The van der Waals surface area contributed by atoms with Crippen LogP contribution in [0.1, 0.15) is 30.2 Å². The molecule has 0 bridgehead atoms. The van der Waals surface area contributed by atoms with Crippen LogP contribution in [-0.2, 0) is 4.79 Å². The number of benzene rings is 1. The number of thioether (sulfide) groups is 1. The summed E-state index contributed by atoms with van der Waals surface area (Å²) < 4.78 is 0. The van der Waals surface area contributed by atoms with Crippen LogP contribution in [0.2, 0.25) is 0 Å². The number of thiophene rings is 1. The summed E-state index contributed by atoms with van der Waals surface area (Å²) in [5, 5.41) is 8.05. The molecule has 6 nitrogen and oxygen atoms in total. The predicted octanol–water partition coefficient (Wildman–Crippen LogP) is 3.67. The van der Waals surface area contributed by atoms with Crippen LogP contribution >= 0.6 is 23.1 Å². The predicted molar refractivity (Wildman–Crippen MR) is 116 cm³/mol. The molecule has 3 rings (SSSR count). The summed E-state index contributed by atoms with van der Waals surface area (Å²) in [6.45, 7) is 2.72. The molecule has 4 N–H and O–H groups in total. The van der Waals surface area contributed by atoms with Crippen molar-refractivity contribution in [2.75, 3.05) is 30.7 Å². The van der Waals surface area contributed by atoms with Gasteiger partial charge in [0.2, 0.25) is 5.91 Å². The van der Waals surface area contributed by atoms with Gasteiger partial charge >= 0.3 is 6.03 Å². The summed E-state index contributed by atoms with van der Waals surface area (Å²) in [5.74, 6) is 0.266. The van der Waals surface area contributed by atoms with Crippen LogP contribution in [0, 0.1) is 0 Å². The second kappa shape index (κ2) is 10.5. The maximum Gasteiger partial charge on any atom is 0.319 e. The first-order chi connectivity index (χ1) is 13.6. The van der Waals surface area contributed by atoms with Crippen molar-refractivity contribution in [3.05, 3.63) is 46.7 Å². The molecule has 1 aliphatic heterocycles. The third-order valence-electron chi connectivity index (χ3n) is 4.65. The summed E-state index contributed by atoms with van der Waals surface area (Å²) >= 11 is 3.24. The Hall–Kier alpha value is -2.03. The van der Waals surface area contributed by atoms with Gasteiger partial charge in [0.15, 0.2) is 0 Å². The number of anilines is 1. The summed E-state index contributed by atoms with van der Waals surface area (Å²) in [4.78, 5) is 28.1. The molecule has 1 atom stereocenters. The Morgan fingerprint density at radius 1 is 1.18 bits per heavy atom. The summed E-state index contributed by atoms with van der Waals surface area (Å²) in [6.07, 6.45) is 2.73. The van der Waals surface area contributed by atoms with Crippen molar-refractivity contribution in [3.8, 4) is 0 Å². The lowest BCUT2D eigenvalue weighted by Crippen LogP contribution is -2.38. The molecular formula is C20H26N4O2S2. The first-order valence-electron chi connectivity index (χ1n) is 9.46. The summed E-state index contributed by atoms with van der Waals surface area (Å²) in [6, 6.07) is 11.8. The first-order valence-corrected chi connectivity index (χ1v) is 11.3. The first kappa shape index (κ1) is 20.7.